The quantitative estimate of drug-likeness (QED) is 0.555. The van der Waals surface area contributed by atoms with E-state index in [0.717, 1.165) is 19.4 Å². The fraction of sp³-hybridized carbons (Fsp3) is 0.875. The first-order chi connectivity index (χ1) is 5.29. The van der Waals surface area contributed by atoms with E-state index in [1.807, 2.05) is 5.06 Å². The topological polar surface area (TPSA) is 29.5 Å². The zero-order chi connectivity index (χ0) is 7.84. The SMILES string of the molecule is CON1CC2CC(=O)CC1C2. The largest absolute Gasteiger partial charge is 0.302 e. The van der Waals surface area contributed by atoms with Gasteiger partial charge < -0.3 is 4.84 Å². The highest BCUT2D eigenvalue weighted by Crippen LogP contribution is 2.33. The summed E-state index contributed by atoms with van der Waals surface area (Å²) in [4.78, 5) is 16.3. The van der Waals surface area contributed by atoms with Crippen molar-refractivity contribution in [3.8, 4) is 0 Å². The van der Waals surface area contributed by atoms with Gasteiger partial charge in [0.25, 0.3) is 0 Å². The summed E-state index contributed by atoms with van der Waals surface area (Å²) in [7, 11) is 1.69. The van der Waals surface area contributed by atoms with Crippen LogP contribution in [0.5, 0.6) is 0 Å². The number of hydroxylamine groups is 2. The average molecular weight is 155 g/mol. The molecule has 1 saturated carbocycles. The van der Waals surface area contributed by atoms with Crippen LogP contribution in [0.4, 0.5) is 0 Å². The van der Waals surface area contributed by atoms with E-state index >= 15 is 0 Å². The second-order valence-electron chi connectivity index (χ2n) is 3.48. The molecule has 0 aromatic rings. The number of carbonyl (C=O) groups is 1. The van der Waals surface area contributed by atoms with Gasteiger partial charge in [0.05, 0.1) is 7.11 Å². The molecule has 2 atom stereocenters. The van der Waals surface area contributed by atoms with Crippen LogP contribution in [0.25, 0.3) is 0 Å². The van der Waals surface area contributed by atoms with Crippen molar-refractivity contribution in [3.63, 3.8) is 0 Å². The fourth-order valence-electron chi connectivity index (χ4n) is 2.21. The number of hydrogen-bond donors (Lipinski definition) is 0. The van der Waals surface area contributed by atoms with Crippen LogP contribution in [-0.4, -0.2) is 30.5 Å². The normalized spacial score (nSPS) is 38.1. The smallest absolute Gasteiger partial charge is 0.134 e. The van der Waals surface area contributed by atoms with Crippen molar-refractivity contribution in [1.29, 1.82) is 0 Å². The molecule has 0 radical (unpaired) electrons. The van der Waals surface area contributed by atoms with Gasteiger partial charge in [-0.1, -0.05) is 0 Å². The lowest BCUT2D eigenvalue weighted by Crippen LogP contribution is -2.29. The van der Waals surface area contributed by atoms with Crippen molar-refractivity contribution in [1.82, 2.24) is 5.06 Å². The van der Waals surface area contributed by atoms with E-state index in [0.29, 0.717) is 24.2 Å². The van der Waals surface area contributed by atoms with Crippen molar-refractivity contribution in [2.75, 3.05) is 13.7 Å². The first-order valence-corrected chi connectivity index (χ1v) is 4.12. The molecule has 2 fully saturated rings. The Hall–Kier alpha value is -0.410. The highest BCUT2D eigenvalue weighted by atomic mass is 16.7. The molecule has 1 saturated heterocycles. The van der Waals surface area contributed by atoms with Crippen LogP contribution in [-0.2, 0) is 9.63 Å². The molecule has 11 heavy (non-hydrogen) atoms. The number of nitrogens with zero attached hydrogens (tertiary/aromatic N) is 1. The first-order valence-electron chi connectivity index (χ1n) is 4.12. The second-order valence-corrected chi connectivity index (χ2v) is 3.48. The predicted molar refractivity (Wildman–Crippen MR) is 39.9 cm³/mol. The summed E-state index contributed by atoms with van der Waals surface area (Å²) >= 11 is 0. The van der Waals surface area contributed by atoms with Crippen molar-refractivity contribution >= 4 is 5.78 Å². The van der Waals surface area contributed by atoms with Gasteiger partial charge in [-0.3, -0.25) is 4.79 Å². The molecule has 62 valence electrons. The van der Waals surface area contributed by atoms with Crippen LogP contribution in [0.1, 0.15) is 19.3 Å². The van der Waals surface area contributed by atoms with Gasteiger partial charge in [-0.05, 0) is 12.3 Å². The Morgan fingerprint density at radius 2 is 2.36 bits per heavy atom. The molecule has 3 heteroatoms. The Bertz CT molecular complexity index is 181. The second kappa shape index (κ2) is 2.57. The van der Waals surface area contributed by atoms with E-state index in [9.17, 15) is 4.79 Å². The minimum Gasteiger partial charge on any atom is -0.302 e. The summed E-state index contributed by atoms with van der Waals surface area (Å²) < 4.78 is 0. The van der Waals surface area contributed by atoms with E-state index in [1.165, 1.54) is 0 Å². The standard InChI is InChI=1S/C8H13NO2/c1-11-9-5-6-2-7(9)4-8(10)3-6/h6-7H,2-5H2,1H3. The summed E-state index contributed by atoms with van der Waals surface area (Å²) in [6, 6.07) is 0.381. The highest BCUT2D eigenvalue weighted by Gasteiger charge is 2.38. The molecule has 2 rings (SSSR count). The van der Waals surface area contributed by atoms with Crippen molar-refractivity contribution in [2.45, 2.75) is 25.3 Å². The van der Waals surface area contributed by atoms with E-state index in [-0.39, 0.29) is 0 Å². The number of hydrogen-bond acceptors (Lipinski definition) is 3. The molecule has 1 aliphatic heterocycles. The monoisotopic (exact) mass is 155 g/mol. The first kappa shape index (κ1) is 7.25. The number of rotatable bonds is 1. The lowest BCUT2D eigenvalue weighted by atomic mass is 9.90. The molecule has 0 amide bonds. The Labute approximate surface area is 66.3 Å². The van der Waals surface area contributed by atoms with Crippen LogP contribution in [0.2, 0.25) is 0 Å². The lowest BCUT2D eigenvalue weighted by Gasteiger charge is -2.20. The van der Waals surface area contributed by atoms with Crippen LogP contribution >= 0.6 is 0 Å². The van der Waals surface area contributed by atoms with Crippen molar-refractivity contribution < 1.29 is 9.63 Å². The Kier molecular flexibility index (Phi) is 1.69. The Morgan fingerprint density at radius 1 is 1.55 bits per heavy atom. The Morgan fingerprint density at radius 3 is 3.09 bits per heavy atom. The predicted octanol–water partition coefficient (Wildman–Crippen LogP) is 0.601. The molecular formula is C8H13NO2. The van der Waals surface area contributed by atoms with Gasteiger partial charge in [-0.15, -0.1) is 0 Å². The van der Waals surface area contributed by atoms with Gasteiger partial charge in [0.15, 0.2) is 0 Å². The average Bonchev–Trinajstić information content (AvgIpc) is 2.25. The van der Waals surface area contributed by atoms with E-state index in [4.69, 9.17) is 4.84 Å². The van der Waals surface area contributed by atoms with Crippen LogP contribution in [0.15, 0.2) is 0 Å². The number of Topliss-reactive ketones (excluding diaryl/α,β-unsaturated/α-hetero) is 1. The van der Waals surface area contributed by atoms with E-state index < -0.39 is 0 Å². The molecule has 2 unspecified atom stereocenters. The molecule has 3 nitrogen and oxygen atoms in total. The van der Waals surface area contributed by atoms with Crippen molar-refractivity contribution in [2.24, 2.45) is 5.92 Å². The maximum atomic E-state index is 11.1. The van der Waals surface area contributed by atoms with Crippen LogP contribution in [0, 0.1) is 5.92 Å². The molecule has 0 spiro atoms. The zero-order valence-electron chi connectivity index (χ0n) is 6.75. The van der Waals surface area contributed by atoms with Gasteiger partial charge in [-0.25, -0.2) is 0 Å². The third-order valence-corrected chi connectivity index (χ3v) is 2.66. The van der Waals surface area contributed by atoms with Crippen LogP contribution < -0.4 is 0 Å². The third kappa shape index (κ3) is 1.19. The van der Waals surface area contributed by atoms with Crippen LogP contribution in [0.3, 0.4) is 0 Å². The minimum atomic E-state index is 0.381. The van der Waals surface area contributed by atoms with Gasteiger partial charge in [-0.2, -0.15) is 5.06 Å². The zero-order valence-corrected chi connectivity index (χ0v) is 6.75. The number of carbonyl (C=O) groups excluding carboxylic acids is 1. The van der Waals surface area contributed by atoms with Gasteiger partial charge in [0.1, 0.15) is 5.78 Å². The molecule has 0 aromatic carbocycles. The molecule has 0 N–H and O–H groups in total. The molecular weight excluding hydrogens is 142 g/mol. The Balaban J connectivity index is 2.08. The van der Waals surface area contributed by atoms with Gasteiger partial charge in [0.2, 0.25) is 0 Å². The summed E-state index contributed by atoms with van der Waals surface area (Å²) in [6.07, 6.45) is 2.63. The molecule has 2 bridgehead atoms. The van der Waals surface area contributed by atoms with Crippen molar-refractivity contribution in [3.05, 3.63) is 0 Å². The summed E-state index contributed by atoms with van der Waals surface area (Å²) in [6.45, 7) is 0.951. The molecule has 0 aromatic heterocycles. The maximum Gasteiger partial charge on any atom is 0.134 e. The minimum absolute atomic E-state index is 0.381. The number of fused-ring (bicyclic) bond motifs is 2. The fourth-order valence-corrected chi connectivity index (χ4v) is 2.21. The summed E-state index contributed by atoms with van der Waals surface area (Å²) in [5.41, 5.74) is 0. The van der Waals surface area contributed by atoms with Gasteiger partial charge >= 0.3 is 0 Å². The summed E-state index contributed by atoms with van der Waals surface area (Å²) in [5.74, 6) is 0.979. The lowest BCUT2D eigenvalue weighted by molar-refractivity contribution is -0.145. The molecule has 1 heterocycles. The number of ketones is 1. The molecule has 1 aliphatic carbocycles. The highest BCUT2D eigenvalue weighted by molar-refractivity contribution is 5.80. The molecule has 2 aliphatic rings. The maximum absolute atomic E-state index is 11.1. The van der Waals surface area contributed by atoms with E-state index in [1.54, 1.807) is 7.11 Å². The summed E-state index contributed by atoms with van der Waals surface area (Å²) in [5, 5.41) is 1.95. The third-order valence-electron chi connectivity index (χ3n) is 2.66. The van der Waals surface area contributed by atoms with Gasteiger partial charge in [0, 0.05) is 25.4 Å². The van der Waals surface area contributed by atoms with E-state index in [2.05, 4.69) is 0 Å².